The normalized spacial score (nSPS) is 12.3. The minimum absolute atomic E-state index is 0.152. The lowest BCUT2D eigenvalue weighted by Crippen LogP contribution is -2.39. The fourth-order valence-electron chi connectivity index (χ4n) is 4.00. The molecule has 3 aromatic rings. The Bertz CT molecular complexity index is 1240. The molecule has 2 aromatic heterocycles. The van der Waals surface area contributed by atoms with Crippen LogP contribution in [0.2, 0.25) is 0 Å². The van der Waals surface area contributed by atoms with Crippen LogP contribution in [0, 0.1) is 17.1 Å². The second-order valence-electron chi connectivity index (χ2n) is 8.25. The number of nitrogens with one attached hydrogen (secondary N) is 2. The van der Waals surface area contributed by atoms with E-state index in [0.29, 0.717) is 48.8 Å². The number of benzene rings is 1. The van der Waals surface area contributed by atoms with E-state index in [9.17, 15) is 14.0 Å². The molecule has 1 unspecified atom stereocenters. The number of rotatable bonds is 7. The van der Waals surface area contributed by atoms with Crippen molar-refractivity contribution in [3.05, 3.63) is 52.4 Å². The van der Waals surface area contributed by atoms with Crippen LogP contribution in [0.1, 0.15) is 66.7 Å². The third-order valence-corrected chi connectivity index (χ3v) is 5.59. The largest absolute Gasteiger partial charge is 0.322 e. The van der Waals surface area contributed by atoms with Gasteiger partial charge in [-0.3, -0.25) is 9.48 Å². The van der Waals surface area contributed by atoms with Crippen LogP contribution in [-0.2, 0) is 19.5 Å². The summed E-state index contributed by atoms with van der Waals surface area (Å²) >= 11 is 0. The Labute approximate surface area is 232 Å². The van der Waals surface area contributed by atoms with Crippen molar-refractivity contribution < 1.29 is 19.2 Å². The summed E-state index contributed by atoms with van der Waals surface area (Å²) in [5, 5.41) is 37.1. The Morgan fingerprint density at radius 1 is 1.32 bits per heavy atom. The smallest absolute Gasteiger partial charge is 0.320 e. The van der Waals surface area contributed by atoms with Gasteiger partial charge in [0.2, 0.25) is 0 Å². The number of anilines is 1. The highest BCUT2D eigenvalue weighted by Gasteiger charge is 2.29. The van der Waals surface area contributed by atoms with E-state index in [1.165, 1.54) is 12.1 Å². The van der Waals surface area contributed by atoms with Crippen LogP contribution >= 0.6 is 0 Å². The summed E-state index contributed by atoms with van der Waals surface area (Å²) in [6.45, 7) is 9.59. The number of tetrazole rings is 1. The highest BCUT2D eigenvalue weighted by molar-refractivity contribution is 5.90. The van der Waals surface area contributed by atoms with Gasteiger partial charge in [-0.15, -0.1) is 10.2 Å². The van der Waals surface area contributed by atoms with Gasteiger partial charge in [-0.05, 0) is 32.3 Å². The second kappa shape index (κ2) is 17.4. The van der Waals surface area contributed by atoms with Crippen molar-refractivity contribution in [1.29, 1.82) is 5.26 Å². The maximum Gasteiger partial charge on any atom is 0.322 e. The lowest BCUT2D eigenvalue weighted by Gasteiger charge is -2.26. The van der Waals surface area contributed by atoms with Crippen LogP contribution in [-0.4, -0.2) is 84.9 Å². The number of carbonyl (C=O) groups excluding carboxylic acids is 2. The average Bonchev–Trinajstić information content (AvgIpc) is 3.64. The number of halogens is 1. The number of aromatic nitrogens is 6. The number of urea groups is 1. The quantitative estimate of drug-likeness (QED) is 0.247. The van der Waals surface area contributed by atoms with Crippen molar-refractivity contribution in [3.63, 3.8) is 0 Å². The first-order chi connectivity index (χ1) is 19.4. The van der Waals surface area contributed by atoms with Gasteiger partial charge in [-0.1, -0.05) is 32.9 Å². The summed E-state index contributed by atoms with van der Waals surface area (Å²) in [7, 11) is 3.86. The van der Waals surface area contributed by atoms with E-state index in [1.807, 2.05) is 46.7 Å². The number of aldehydes is 1. The van der Waals surface area contributed by atoms with Crippen LogP contribution in [0.4, 0.5) is 14.9 Å². The van der Waals surface area contributed by atoms with Gasteiger partial charge in [-0.25, -0.2) is 15.1 Å². The Kier molecular flexibility index (Phi) is 14.6. The molecule has 15 heteroatoms. The number of amides is 2. The fourth-order valence-corrected chi connectivity index (χ4v) is 4.00. The zero-order valence-corrected chi connectivity index (χ0v) is 23.7. The topological polar surface area (TPSA) is 195 Å². The number of hydrogen-bond donors (Lipinski definition) is 4. The van der Waals surface area contributed by atoms with Crippen molar-refractivity contribution >= 4 is 18.0 Å². The number of nitrogens with two attached hydrogens (primary N) is 1. The molecule has 0 saturated carbocycles. The van der Waals surface area contributed by atoms with E-state index >= 15 is 0 Å². The molecule has 4 rings (SSSR count). The van der Waals surface area contributed by atoms with E-state index in [2.05, 4.69) is 36.9 Å². The molecule has 2 amide bonds. The average molecular weight is 560 g/mol. The monoisotopic (exact) mass is 559 g/mol. The highest BCUT2D eigenvalue weighted by Crippen LogP contribution is 2.25. The van der Waals surface area contributed by atoms with Gasteiger partial charge < -0.3 is 20.3 Å². The van der Waals surface area contributed by atoms with Crippen LogP contribution in [0.3, 0.4) is 0 Å². The number of nitrogens with zero attached hydrogens (tertiary/aromatic N) is 8. The van der Waals surface area contributed by atoms with Crippen molar-refractivity contribution in [3.8, 4) is 6.07 Å². The van der Waals surface area contributed by atoms with Gasteiger partial charge >= 0.3 is 6.03 Å². The van der Waals surface area contributed by atoms with Gasteiger partial charge in [0, 0.05) is 30.8 Å². The lowest BCUT2D eigenvalue weighted by molar-refractivity contribution is 0.111. The van der Waals surface area contributed by atoms with Crippen LogP contribution in [0.15, 0.2) is 18.2 Å². The molecule has 218 valence electrons. The Hall–Kier alpha value is -4.26. The van der Waals surface area contributed by atoms with E-state index in [1.54, 1.807) is 15.7 Å². The SMILES string of the molecule is CC.CC.CN(C)CC(Cn1nc2c(c1C=O)CN(C(=O)Nc1ccc(F)c(C#N)c1)CC2)c1nn[nH]n1.NO. The Balaban J connectivity index is 0.00000125. The standard InChI is InChI=1S/C21H23FN10O2.2C2H6.H3NO/c1-30(2)9-14(20-25-28-29-26-20)10-32-19(12-33)16-11-31(6-5-18(16)27-32)21(34)24-15-3-4-17(22)13(7-15)8-23;3*1-2/h3-4,7,12,14H,5-6,9-11H2,1-2H3,(H,24,34)(H,25,26,28,29);2*1-2H3;2H,1H2. The molecule has 5 N–H and O–H groups in total. The fraction of sp³-hybridized carbons (Fsp3) is 0.480. The molecule has 1 aromatic carbocycles. The molecule has 0 fully saturated rings. The Morgan fingerprint density at radius 3 is 2.60 bits per heavy atom. The number of fused-ring (bicyclic) bond motifs is 1. The van der Waals surface area contributed by atoms with E-state index < -0.39 is 11.8 Å². The zero-order valence-electron chi connectivity index (χ0n) is 23.7. The molecule has 14 nitrogen and oxygen atoms in total. The molecule has 1 atom stereocenters. The van der Waals surface area contributed by atoms with E-state index in [-0.39, 0.29) is 18.0 Å². The molecule has 1 aliphatic rings. The predicted molar refractivity (Wildman–Crippen MR) is 146 cm³/mol. The van der Waals surface area contributed by atoms with E-state index in [0.717, 1.165) is 18.0 Å². The summed E-state index contributed by atoms with van der Waals surface area (Å²) in [6.07, 6.45) is 1.22. The first kappa shape index (κ1) is 33.8. The van der Waals surface area contributed by atoms with Crippen LogP contribution < -0.4 is 11.2 Å². The molecule has 1 aliphatic heterocycles. The number of carbonyl (C=O) groups is 2. The lowest BCUT2D eigenvalue weighted by atomic mass is 10.1. The molecule has 0 spiro atoms. The van der Waals surface area contributed by atoms with Gasteiger partial charge in [0.05, 0.1) is 30.3 Å². The maximum atomic E-state index is 13.6. The van der Waals surface area contributed by atoms with E-state index in [4.69, 9.17) is 10.5 Å². The van der Waals surface area contributed by atoms with Gasteiger partial charge in [0.1, 0.15) is 17.6 Å². The molecular formula is C25H38FN11O3. The first-order valence-corrected chi connectivity index (χ1v) is 12.8. The highest BCUT2D eigenvalue weighted by atomic mass is 19.1. The van der Waals surface area contributed by atoms with Gasteiger partial charge in [0.15, 0.2) is 12.1 Å². The van der Waals surface area contributed by atoms with Crippen LogP contribution in [0.25, 0.3) is 0 Å². The molecule has 0 radical (unpaired) electrons. The third kappa shape index (κ3) is 8.63. The summed E-state index contributed by atoms with van der Waals surface area (Å²) in [4.78, 5) is 28.4. The summed E-state index contributed by atoms with van der Waals surface area (Å²) in [6, 6.07) is 5.13. The number of aromatic amines is 1. The van der Waals surface area contributed by atoms with Crippen LogP contribution in [0.5, 0.6) is 0 Å². The number of H-pyrrole nitrogens is 1. The predicted octanol–water partition coefficient (Wildman–Crippen LogP) is 2.54. The van der Waals surface area contributed by atoms with Gasteiger partial charge in [0.25, 0.3) is 0 Å². The number of likely N-dealkylation sites (N-methyl/N-ethyl adjacent to an activating group) is 1. The van der Waals surface area contributed by atoms with Crippen molar-refractivity contribution in [1.82, 2.24) is 40.2 Å². The molecule has 3 heterocycles. The first-order valence-electron chi connectivity index (χ1n) is 12.8. The number of hydrogen-bond acceptors (Lipinski definition) is 10. The van der Waals surface area contributed by atoms with Crippen molar-refractivity contribution in [2.24, 2.45) is 5.90 Å². The minimum atomic E-state index is -0.653. The molecule has 0 aliphatic carbocycles. The third-order valence-electron chi connectivity index (χ3n) is 5.59. The van der Waals surface area contributed by atoms with Crippen molar-refractivity contribution in [2.45, 2.75) is 53.1 Å². The second-order valence-corrected chi connectivity index (χ2v) is 8.25. The Morgan fingerprint density at radius 2 is 2.02 bits per heavy atom. The summed E-state index contributed by atoms with van der Waals surface area (Å²) in [5.74, 6) is 3.22. The molecule has 0 saturated heterocycles. The number of nitriles is 1. The molecule has 40 heavy (non-hydrogen) atoms. The van der Waals surface area contributed by atoms with Crippen molar-refractivity contribution in [2.75, 3.05) is 32.5 Å². The molecular weight excluding hydrogens is 521 g/mol. The molecule has 0 bridgehead atoms. The minimum Gasteiger partial charge on any atom is -0.320 e. The summed E-state index contributed by atoms with van der Waals surface area (Å²) in [5.41, 5.74) is 2.00. The van der Waals surface area contributed by atoms with Gasteiger partial charge in [-0.2, -0.15) is 15.6 Å². The summed E-state index contributed by atoms with van der Waals surface area (Å²) < 4.78 is 15.2. The maximum absolute atomic E-state index is 13.6. The zero-order chi connectivity index (χ0) is 30.2.